The van der Waals surface area contributed by atoms with E-state index in [0.29, 0.717) is 12.3 Å². The lowest BCUT2D eigenvalue weighted by molar-refractivity contribution is 0.194. The molecule has 0 heterocycles. The minimum atomic E-state index is -0.599. The monoisotopic (exact) mass is 305 g/mol. The van der Waals surface area contributed by atoms with Gasteiger partial charge in [0.2, 0.25) is 0 Å². The summed E-state index contributed by atoms with van der Waals surface area (Å²) in [6, 6.07) is 13.5. The number of rotatable bonds is 5. The lowest BCUT2D eigenvalue weighted by Crippen LogP contribution is -2.19. The fourth-order valence-electron chi connectivity index (χ4n) is 2.46. The molecule has 0 fully saturated rings. The first-order valence-corrected chi connectivity index (χ1v) is 7.21. The van der Waals surface area contributed by atoms with E-state index in [-0.39, 0.29) is 0 Å². The molecule has 0 saturated carbocycles. The van der Waals surface area contributed by atoms with Crippen LogP contribution in [0.5, 0.6) is 5.75 Å². The van der Waals surface area contributed by atoms with Gasteiger partial charge in [0.25, 0.3) is 0 Å². The van der Waals surface area contributed by atoms with Gasteiger partial charge in [-0.05, 0) is 36.8 Å². The Balaban J connectivity index is 2.32. The highest BCUT2D eigenvalue weighted by Crippen LogP contribution is 2.34. The average molecular weight is 306 g/mol. The van der Waals surface area contributed by atoms with E-state index < -0.39 is 6.10 Å². The van der Waals surface area contributed by atoms with E-state index in [4.69, 9.17) is 16.3 Å². The van der Waals surface area contributed by atoms with Crippen LogP contribution in [0, 0.1) is 0 Å². The fraction of sp³-hybridized carbons (Fsp3) is 0.294. The Labute approximate surface area is 130 Å². The van der Waals surface area contributed by atoms with E-state index in [1.165, 1.54) is 0 Å². The predicted octanol–water partition coefficient (Wildman–Crippen LogP) is 4.04. The van der Waals surface area contributed by atoms with Gasteiger partial charge in [0.15, 0.2) is 0 Å². The molecule has 0 bridgehead atoms. The highest BCUT2D eigenvalue weighted by atomic mass is 35.5. The van der Waals surface area contributed by atoms with Gasteiger partial charge in [0, 0.05) is 29.9 Å². The molecular weight excluding hydrogens is 286 g/mol. The maximum Gasteiger partial charge on any atom is 0.126 e. The molecule has 112 valence electrons. The van der Waals surface area contributed by atoms with Crippen LogP contribution in [-0.4, -0.2) is 19.3 Å². The Kier molecular flexibility index (Phi) is 5.10. The molecule has 0 aliphatic carbocycles. The molecule has 2 aromatic rings. The van der Waals surface area contributed by atoms with Crippen molar-refractivity contribution in [1.82, 2.24) is 0 Å². The quantitative estimate of drug-likeness (QED) is 0.905. The standard InChI is InChI=1S/C17H20ClNO2/c1-12(20)17-15(8-5-9-16(17)21-3)19(2)11-13-6-4-7-14(18)10-13/h4-10,12,20H,11H2,1-3H3/t12-/m1/s1. The SMILES string of the molecule is COc1cccc(N(C)Cc2cccc(Cl)c2)c1[C@@H](C)O. The summed E-state index contributed by atoms with van der Waals surface area (Å²) >= 11 is 6.03. The van der Waals surface area contributed by atoms with E-state index in [0.717, 1.165) is 21.8 Å². The van der Waals surface area contributed by atoms with Crippen molar-refractivity contribution in [1.29, 1.82) is 0 Å². The zero-order valence-corrected chi connectivity index (χ0v) is 13.3. The first-order valence-electron chi connectivity index (χ1n) is 6.83. The molecule has 3 nitrogen and oxygen atoms in total. The maximum absolute atomic E-state index is 10.0. The first-order chi connectivity index (χ1) is 10.0. The average Bonchev–Trinajstić information content (AvgIpc) is 2.46. The maximum atomic E-state index is 10.0. The number of aliphatic hydroxyl groups is 1. The molecule has 0 amide bonds. The normalized spacial score (nSPS) is 12.0. The first kappa shape index (κ1) is 15.7. The second-order valence-corrected chi connectivity index (χ2v) is 5.49. The summed E-state index contributed by atoms with van der Waals surface area (Å²) < 4.78 is 5.36. The number of nitrogens with zero attached hydrogens (tertiary/aromatic N) is 1. The van der Waals surface area contributed by atoms with E-state index in [1.807, 2.05) is 49.5 Å². The third-order valence-corrected chi connectivity index (χ3v) is 3.64. The minimum absolute atomic E-state index is 0.599. The number of halogens is 1. The summed E-state index contributed by atoms with van der Waals surface area (Å²) in [4.78, 5) is 2.08. The van der Waals surface area contributed by atoms with E-state index in [2.05, 4.69) is 4.90 Å². The van der Waals surface area contributed by atoms with Crippen molar-refractivity contribution >= 4 is 17.3 Å². The Hall–Kier alpha value is -1.71. The van der Waals surface area contributed by atoms with Crippen LogP contribution in [0.3, 0.4) is 0 Å². The number of benzene rings is 2. The highest BCUT2D eigenvalue weighted by Gasteiger charge is 2.17. The van der Waals surface area contributed by atoms with E-state index in [9.17, 15) is 5.11 Å². The van der Waals surface area contributed by atoms with Crippen molar-refractivity contribution in [3.8, 4) is 5.75 Å². The molecule has 0 radical (unpaired) electrons. The van der Waals surface area contributed by atoms with E-state index in [1.54, 1.807) is 14.0 Å². The molecule has 1 N–H and O–H groups in total. The molecule has 0 spiro atoms. The lowest BCUT2D eigenvalue weighted by atomic mass is 10.1. The predicted molar refractivity (Wildman–Crippen MR) is 87.2 cm³/mol. The molecule has 4 heteroatoms. The summed E-state index contributed by atoms with van der Waals surface area (Å²) in [5.74, 6) is 0.695. The smallest absolute Gasteiger partial charge is 0.126 e. The van der Waals surface area contributed by atoms with Crippen molar-refractivity contribution in [2.24, 2.45) is 0 Å². The van der Waals surface area contributed by atoms with Gasteiger partial charge in [-0.15, -0.1) is 0 Å². The molecular formula is C17H20ClNO2. The summed E-state index contributed by atoms with van der Waals surface area (Å²) in [5.41, 5.74) is 2.86. The van der Waals surface area contributed by atoms with Crippen LogP contribution in [0.1, 0.15) is 24.2 Å². The summed E-state index contributed by atoms with van der Waals surface area (Å²) in [5, 5.41) is 10.8. The van der Waals surface area contributed by atoms with Gasteiger partial charge < -0.3 is 14.7 Å². The number of hydrogen-bond donors (Lipinski definition) is 1. The third kappa shape index (κ3) is 3.69. The molecule has 0 unspecified atom stereocenters. The molecule has 0 aromatic heterocycles. The summed E-state index contributed by atoms with van der Waals surface area (Å²) in [7, 11) is 3.60. The molecule has 2 rings (SSSR count). The van der Waals surface area contributed by atoms with Gasteiger partial charge in [-0.3, -0.25) is 0 Å². The number of methoxy groups -OCH3 is 1. The Bertz CT molecular complexity index is 613. The molecule has 21 heavy (non-hydrogen) atoms. The van der Waals surface area contributed by atoms with Crippen molar-refractivity contribution in [2.75, 3.05) is 19.1 Å². The van der Waals surface area contributed by atoms with Crippen LogP contribution in [0.15, 0.2) is 42.5 Å². The zero-order chi connectivity index (χ0) is 15.4. The van der Waals surface area contributed by atoms with Gasteiger partial charge in [-0.25, -0.2) is 0 Å². The molecule has 1 atom stereocenters. The number of hydrogen-bond acceptors (Lipinski definition) is 3. The third-order valence-electron chi connectivity index (χ3n) is 3.40. The summed E-state index contributed by atoms with van der Waals surface area (Å²) in [6.45, 7) is 2.45. The van der Waals surface area contributed by atoms with Crippen molar-refractivity contribution in [3.05, 3.63) is 58.6 Å². The van der Waals surface area contributed by atoms with Gasteiger partial charge in [-0.2, -0.15) is 0 Å². The Morgan fingerprint density at radius 1 is 1.24 bits per heavy atom. The van der Waals surface area contributed by atoms with Crippen molar-refractivity contribution in [2.45, 2.75) is 19.6 Å². The van der Waals surface area contributed by atoms with Gasteiger partial charge in [0.1, 0.15) is 5.75 Å². The fourth-order valence-corrected chi connectivity index (χ4v) is 2.67. The van der Waals surface area contributed by atoms with Gasteiger partial charge >= 0.3 is 0 Å². The highest BCUT2D eigenvalue weighted by molar-refractivity contribution is 6.30. The largest absolute Gasteiger partial charge is 0.496 e. The lowest BCUT2D eigenvalue weighted by Gasteiger charge is -2.25. The van der Waals surface area contributed by atoms with Crippen molar-refractivity contribution in [3.63, 3.8) is 0 Å². The van der Waals surface area contributed by atoms with E-state index >= 15 is 0 Å². The zero-order valence-electron chi connectivity index (χ0n) is 12.5. The second kappa shape index (κ2) is 6.83. The molecule has 0 aliphatic heterocycles. The molecule has 0 aliphatic rings. The van der Waals surface area contributed by atoms with Crippen LogP contribution >= 0.6 is 11.6 Å². The number of aliphatic hydroxyl groups excluding tert-OH is 1. The molecule has 0 saturated heterocycles. The van der Waals surface area contributed by atoms with Crippen LogP contribution in [0.2, 0.25) is 5.02 Å². The van der Waals surface area contributed by atoms with Crippen LogP contribution in [0.25, 0.3) is 0 Å². The van der Waals surface area contributed by atoms with Crippen molar-refractivity contribution < 1.29 is 9.84 Å². The topological polar surface area (TPSA) is 32.7 Å². The minimum Gasteiger partial charge on any atom is -0.496 e. The van der Waals surface area contributed by atoms with Gasteiger partial charge in [0.05, 0.1) is 13.2 Å². The van der Waals surface area contributed by atoms with Crippen LogP contribution in [-0.2, 0) is 6.54 Å². The number of anilines is 1. The second-order valence-electron chi connectivity index (χ2n) is 5.06. The summed E-state index contributed by atoms with van der Waals surface area (Å²) in [6.07, 6.45) is -0.599. The Morgan fingerprint density at radius 2 is 1.95 bits per heavy atom. The van der Waals surface area contributed by atoms with Gasteiger partial charge in [-0.1, -0.05) is 29.8 Å². The van der Waals surface area contributed by atoms with Crippen LogP contribution < -0.4 is 9.64 Å². The Morgan fingerprint density at radius 3 is 2.57 bits per heavy atom. The molecule has 2 aromatic carbocycles. The van der Waals surface area contributed by atoms with Crippen LogP contribution in [0.4, 0.5) is 5.69 Å². The number of ether oxygens (including phenoxy) is 1.